The molecule has 2 aromatic carbocycles. The van der Waals surface area contributed by atoms with Crippen LogP contribution in [-0.4, -0.2) is 46.7 Å². The number of carbonyl (C=O) groups excluding carboxylic acids is 3. The Bertz CT molecular complexity index is 892. The van der Waals surface area contributed by atoms with Crippen molar-refractivity contribution in [2.45, 2.75) is 45.1 Å². The second kappa shape index (κ2) is 8.19. The topological polar surface area (TPSA) is 57.7 Å². The molecule has 2 aliphatic heterocycles. The predicted octanol–water partition coefficient (Wildman–Crippen LogP) is 3.60. The highest BCUT2D eigenvalue weighted by Gasteiger charge is 2.43. The summed E-state index contributed by atoms with van der Waals surface area (Å²) in [5.74, 6) is -0.862. The van der Waals surface area contributed by atoms with Gasteiger partial charge in [-0.3, -0.25) is 19.3 Å². The number of benzene rings is 2. The number of hydrogen-bond donors (Lipinski definition) is 0. The van der Waals surface area contributed by atoms with Crippen LogP contribution in [0.25, 0.3) is 0 Å². The van der Waals surface area contributed by atoms with Crippen molar-refractivity contribution in [1.29, 1.82) is 0 Å². The summed E-state index contributed by atoms with van der Waals surface area (Å²) in [5.41, 5.74) is 2.84. The molecule has 1 fully saturated rings. The molecule has 4 rings (SSSR count). The Labute approximate surface area is 171 Å². The first-order valence-corrected chi connectivity index (χ1v) is 10.4. The Morgan fingerprint density at radius 2 is 1.41 bits per heavy atom. The normalized spacial score (nSPS) is 17.8. The molecule has 5 heteroatoms. The molecule has 1 atom stereocenters. The van der Waals surface area contributed by atoms with E-state index in [-0.39, 0.29) is 17.7 Å². The predicted molar refractivity (Wildman–Crippen MR) is 111 cm³/mol. The Kier molecular flexibility index (Phi) is 5.47. The zero-order chi connectivity index (χ0) is 20.4. The number of fused-ring (bicyclic) bond motifs is 1. The molecule has 1 unspecified atom stereocenters. The van der Waals surface area contributed by atoms with Crippen molar-refractivity contribution >= 4 is 17.7 Å². The van der Waals surface area contributed by atoms with E-state index >= 15 is 0 Å². The lowest BCUT2D eigenvalue weighted by molar-refractivity contribution is -0.135. The monoisotopic (exact) mass is 390 g/mol. The third-order valence-corrected chi connectivity index (χ3v) is 5.89. The maximum absolute atomic E-state index is 13.5. The van der Waals surface area contributed by atoms with Crippen LogP contribution in [0.15, 0.2) is 48.5 Å². The molecule has 5 nitrogen and oxygen atoms in total. The summed E-state index contributed by atoms with van der Waals surface area (Å²) in [6.45, 7) is 3.38. The molecule has 0 aliphatic carbocycles. The highest BCUT2D eigenvalue weighted by atomic mass is 16.2. The van der Waals surface area contributed by atoms with Crippen molar-refractivity contribution in [1.82, 2.24) is 9.80 Å². The van der Waals surface area contributed by atoms with Gasteiger partial charge in [0.2, 0.25) is 5.91 Å². The van der Waals surface area contributed by atoms with E-state index in [0.717, 1.165) is 36.8 Å². The fourth-order valence-corrected chi connectivity index (χ4v) is 4.23. The fraction of sp³-hybridized carbons (Fsp3) is 0.375. The van der Waals surface area contributed by atoms with Crippen molar-refractivity contribution in [3.63, 3.8) is 0 Å². The molecule has 0 radical (unpaired) electrons. The van der Waals surface area contributed by atoms with Gasteiger partial charge in [-0.2, -0.15) is 0 Å². The first-order valence-electron chi connectivity index (χ1n) is 10.4. The zero-order valence-corrected chi connectivity index (χ0v) is 16.8. The number of carbonyl (C=O) groups is 3. The van der Waals surface area contributed by atoms with Crippen molar-refractivity contribution < 1.29 is 14.4 Å². The molecule has 0 saturated carbocycles. The van der Waals surface area contributed by atoms with Crippen LogP contribution in [0.1, 0.15) is 57.5 Å². The Hall–Kier alpha value is -2.95. The van der Waals surface area contributed by atoms with Crippen LogP contribution in [0.5, 0.6) is 0 Å². The minimum Gasteiger partial charge on any atom is -0.341 e. The second-order valence-corrected chi connectivity index (χ2v) is 7.97. The molecule has 2 aliphatic rings. The van der Waals surface area contributed by atoms with E-state index in [2.05, 4.69) is 0 Å². The smallest absolute Gasteiger partial charge is 0.262 e. The van der Waals surface area contributed by atoms with Crippen LogP contribution >= 0.6 is 0 Å². The third kappa shape index (κ3) is 3.82. The molecule has 150 valence electrons. The van der Waals surface area contributed by atoms with E-state index in [1.165, 1.54) is 4.90 Å². The molecule has 0 N–H and O–H groups in total. The number of imide groups is 1. The van der Waals surface area contributed by atoms with E-state index in [1.54, 1.807) is 24.3 Å². The van der Waals surface area contributed by atoms with Gasteiger partial charge in [-0.05, 0) is 37.5 Å². The van der Waals surface area contributed by atoms with Gasteiger partial charge in [-0.25, -0.2) is 0 Å². The van der Waals surface area contributed by atoms with Gasteiger partial charge in [0.25, 0.3) is 11.8 Å². The van der Waals surface area contributed by atoms with Gasteiger partial charge in [-0.15, -0.1) is 0 Å². The van der Waals surface area contributed by atoms with Gasteiger partial charge in [0.05, 0.1) is 11.1 Å². The van der Waals surface area contributed by atoms with E-state index in [0.29, 0.717) is 30.6 Å². The molecular formula is C24H26N2O3. The summed E-state index contributed by atoms with van der Waals surface area (Å²) in [5, 5.41) is 0. The summed E-state index contributed by atoms with van der Waals surface area (Å²) in [6.07, 6.45) is 4.48. The number of likely N-dealkylation sites (tertiary alicyclic amines) is 1. The minimum absolute atomic E-state index is 0.123. The molecule has 3 amide bonds. The fourth-order valence-electron chi connectivity index (χ4n) is 4.23. The summed E-state index contributed by atoms with van der Waals surface area (Å²) in [4.78, 5) is 42.7. The standard InChI is InChI=1S/C24H26N2O3/c1-17-10-12-18(13-11-17)16-21(24(29)25-14-6-2-3-7-15-25)26-22(27)19-8-4-5-9-20(19)23(26)28/h4-5,8-13,21H,2-3,6-7,14-16H2,1H3. The highest BCUT2D eigenvalue weighted by molar-refractivity contribution is 6.22. The second-order valence-electron chi connectivity index (χ2n) is 7.97. The number of aryl methyl sites for hydroxylation is 1. The van der Waals surface area contributed by atoms with Crippen molar-refractivity contribution in [2.24, 2.45) is 0 Å². The summed E-state index contributed by atoms with van der Waals surface area (Å²) in [7, 11) is 0. The number of rotatable bonds is 4. The van der Waals surface area contributed by atoms with Crippen LogP contribution in [0.2, 0.25) is 0 Å². The molecule has 0 bridgehead atoms. The highest BCUT2D eigenvalue weighted by Crippen LogP contribution is 2.27. The third-order valence-electron chi connectivity index (χ3n) is 5.89. The molecule has 2 heterocycles. The van der Waals surface area contributed by atoms with Crippen LogP contribution < -0.4 is 0 Å². The van der Waals surface area contributed by atoms with Crippen molar-refractivity contribution in [2.75, 3.05) is 13.1 Å². The first kappa shape index (κ1) is 19.4. The lowest BCUT2D eigenvalue weighted by Crippen LogP contribution is -2.52. The van der Waals surface area contributed by atoms with Crippen molar-refractivity contribution in [3.8, 4) is 0 Å². The quantitative estimate of drug-likeness (QED) is 0.750. The van der Waals surface area contributed by atoms with E-state index in [4.69, 9.17) is 0 Å². The SMILES string of the molecule is Cc1ccc(CC(C(=O)N2CCCCCC2)N2C(=O)c3ccccc3C2=O)cc1. The Balaban J connectivity index is 1.68. The number of nitrogens with zero attached hydrogens (tertiary/aromatic N) is 2. The van der Waals surface area contributed by atoms with Gasteiger partial charge < -0.3 is 4.90 Å². The molecule has 29 heavy (non-hydrogen) atoms. The summed E-state index contributed by atoms with van der Waals surface area (Å²) in [6, 6.07) is 13.9. The molecule has 2 aromatic rings. The average molecular weight is 390 g/mol. The minimum atomic E-state index is -0.816. The van der Waals surface area contributed by atoms with Crippen LogP contribution in [0, 0.1) is 6.92 Å². The number of amides is 3. The van der Waals surface area contributed by atoms with E-state index < -0.39 is 6.04 Å². The maximum Gasteiger partial charge on any atom is 0.262 e. The lowest BCUT2D eigenvalue weighted by atomic mass is 10.0. The summed E-state index contributed by atoms with van der Waals surface area (Å²) < 4.78 is 0. The molecule has 0 spiro atoms. The Morgan fingerprint density at radius 1 is 0.862 bits per heavy atom. The van der Waals surface area contributed by atoms with Crippen LogP contribution in [0.4, 0.5) is 0 Å². The molecular weight excluding hydrogens is 364 g/mol. The van der Waals surface area contributed by atoms with Gasteiger partial charge in [0.15, 0.2) is 0 Å². The van der Waals surface area contributed by atoms with Gasteiger partial charge in [-0.1, -0.05) is 54.8 Å². The van der Waals surface area contributed by atoms with E-state index in [9.17, 15) is 14.4 Å². The largest absolute Gasteiger partial charge is 0.341 e. The average Bonchev–Trinajstić information content (AvgIpc) is 2.91. The molecule has 1 saturated heterocycles. The van der Waals surface area contributed by atoms with Crippen molar-refractivity contribution in [3.05, 3.63) is 70.8 Å². The number of hydrogen-bond acceptors (Lipinski definition) is 3. The lowest BCUT2D eigenvalue weighted by Gasteiger charge is -2.31. The molecule has 0 aromatic heterocycles. The maximum atomic E-state index is 13.5. The van der Waals surface area contributed by atoms with Gasteiger partial charge in [0, 0.05) is 19.5 Å². The zero-order valence-electron chi connectivity index (χ0n) is 16.8. The summed E-state index contributed by atoms with van der Waals surface area (Å²) >= 11 is 0. The van der Waals surface area contributed by atoms with Crippen LogP contribution in [0.3, 0.4) is 0 Å². The van der Waals surface area contributed by atoms with E-state index in [1.807, 2.05) is 36.1 Å². The van der Waals surface area contributed by atoms with Gasteiger partial charge >= 0.3 is 0 Å². The van der Waals surface area contributed by atoms with Gasteiger partial charge in [0.1, 0.15) is 6.04 Å². The Morgan fingerprint density at radius 3 is 1.97 bits per heavy atom. The first-order chi connectivity index (χ1) is 14.1. The van der Waals surface area contributed by atoms with Crippen LogP contribution in [-0.2, 0) is 11.2 Å².